The largest absolute Gasteiger partial charge is 0.383 e. The lowest BCUT2D eigenvalue weighted by Gasteiger charge is -2.33. The van der Waals surface area contributed by atoms with Crippen molar-refractivity contribution in [3.05, 3.63) is 51.7 Å². The number of ether oxygens (including phenoxy) is 1. The van der Waals surface area contributed by atoms with Gasteiger partial charge in [-0.3, -0.25) is 9.69 Å². The second-order valence-electron chi connectivity index (χ2n) is 6.90. The molecule has 7 nitrogen and oxygen atoms in total. The maximum atomic E-state index is 12.6. The van der Waals surface area contributed by atoms with E-state index < -0.39 is 0 Å². The van der Waals surface area contributed by atoms with Crippen LogP contribution in [0.2, 0.25) is 5.15 Å². The van der Waals surface area contributed by atoms with Crippen LogP contribution < -0.4 is 10.5 Å². The molecular formula is C19H26ClN5O2. The summed E-state index contributed by atoms with van der Waals surface area (Å²) in [4.78, 5) is 21.1. The van der Waals surface area contributed by atoms with Crippen molar-refractivity contribution in [2.75, 3.05) is 45.3 Å². The Morgan fingerprint density at radius 3 is 3.04 bits per heavy atom. The molecule has 2 aromatic heterocycles. The van der Waals surface area contributed by atoms with E-state index in [-0.39, 0.29) is 11.6 Å². The van der Waals surface area contributed by atoms with Gasteiger partial charge in [-0.2, -0.15) is 5.10 Å². The van der Waals surface area contributed by atoms with E-state index in [4.69, 9.17) is 16.3 Å². The number of methoxy groups -OCH3 is 1. The third-order valence-corrected chi connectivity index (χ3v) is 5.28. The van der Waals surface area contributed by atoms with Crippen molar-refractivity contribution in [3.63, 3.8) is 0 Å². The molecular weight excluding hydrogens is 366 g/mol. The summed E-state index contributed by atoms with van der Waals surface area (Å²) in [6.07, 6.45) is 5.42. The predicted octanol–water partition coefficient (Wildman–Crippen LogP) is 2.21. The number of aromatic nitrogens is 3. The number of halogens is 1. The number of hydrogen-bond donors (Lipinski definition) is 0. The highest BCUT2D eigenvalue weighted by Gasteiger charge is 2.23. The maximum absolute atomic E-state index is 12.6. The Morgan fingerprint density at radius 1 is 1.44 bits per heavy atom. The lowest BCUT2D eigenvalue weighted by Crippen LogP contribution is -2.40. The summed E-state index contributed by atoms with van der Waals surface area (Å²) in [6, 6.07) is 5.61. The fourth-order valence-electron chi connectivity index (χ4n) is 3.40. The number of pyridine rings is 1. The Balaban J connectivity index is 1.69. The highest BCUT2D eigenvalue weighted by atomic mass is 35.5. The van der Waals surface area contributed by atoms with Crippen LogP contribution in [0.1, 0.15) is 24.4 Å². The van der Waals surface area contributed by atoms with E-state index in [2.05, 4.69) is 15.0 Å². The average Bonchev–Trinajstić information content (AvgIpc) is 2.68. The van der Waals surface area contributed by atoms with Gasteiger partial charge in [0.2, 0.25) is 0 Å². The van der Waals surface area contributed by atoms with Gasteiger partial charge in [-0.1, -0.05) is 17.7 Å². The molecule has 8 heteroatoms. The van der Waals surface area contributed by atoms with Crippen molar-refractivity contribution in [3.8, 4) is 0 Å². The molecule has 3 heterocycles. The molecule has 1 unspecified atom stereocenters. The summed E-state index contributed by atoms with van der Waals surface area (Å²) >= 11 is 6.19. The van der Waals surface area contributed by atoms with E-state index in [1.165, 1.54) is 0 Å². The summed E-state index contributed by atoms with van der Waals surface area (Å²) in [6.45, 7) is 3.81. The second kappa shape index (κ2) is 9.30. The number of likely N-dealkylation sites (tertiary alicyclic amines) is 1. The van der Waals surface area contributed by atoms with Crippen LogP contribution >= 0.6 is 11.6 Å². The van der Waals surface area contributed by atoms with Crippen LogP contribution in [0, 0.1) is 0 Å². The first-order chi connectivity index (χ1) is 13.1. The molecule has 0 aliphatic carbocycles. The molecule has 0 radical (unpaired) electrons. The van der Waals surface area contributed by atoms with Gasteiger partial charge in [-0.05, 0) is 25.5 Å². The van der Waals surface area contributed by atoms with Gasteiger partial charge in [0.25, 0.3) is 5.56 Å². The van der Waals surface area contributed by atoms with Gasteiger partial charge >= 0.3 is 0 Å². The third kappa shape index (κ3) is 5.06. The van der Waals surface area contributed by atoms with Crippen LogP contribution in [0.5, 0.6) is 0 Å². The molecule has 1 atom stereocenters. The van der Waals surface area contributed by atoms with E-state index >= 15 is 0 Å². The maximum Gasteiger partial charge on any atom is 0.269 e. The summed E-state index contributed by atoms with van der Waals surface area (Å²) < 4.78 is 6.70. The number of nitrogens with zero attached hydrogens (tertiary/aromatic N) is 5. The van der Waals surface area contributed by atoms with Crippen LogP contribution in [0.3, 0.4) is 0 Å². The molecule has 0 spiro atoms. The highest BCUT2D eigenvalue weighted by molar-refractivity contribution is 6.30. The van der Waals surface area contributed by atoms with Gasteiger partial charge in [-0.15, -0.1) is 0 Å². The summed E-state index contributed by atoms with van der Waals surface area (Å²) in [5, 5.41) is 4.99. The van der Waals surface area contributed by atoms with Crippen molar-refractivity contribution < 1.29 is 4.74 Å². The molecule has 0 N–H and O–H groups in total. The number of piperidine rings is 1. The minimum absolute atomic E-state index is 0.0666. The van der Waals surface area contributed by atoms with Gasteiger partial charge in [0.15, 0.2) is 0 Å². The fourth-order valence-corrected chi connectivity index (χ4v) is 3.58. The normalized spacial score (nSPS) is 17.8. The lowest BCUT2D eigenvalue weighted by atomic mass is 10.1. The first-order valence-corrected chi connectivity index (χ1v) is 9.57. The molecule has 146 valence electrons. The van der Waals surface area contributed by atoms with E-state index in [0.717, 1.165) is 43.7 Å². The van der Waals surface area contributed by atoms with Crippen molar-refractivity contribution >= 4 is 17.3 Å². The molecule has 2 aromatic rings. The Morgan fingerprint density at radius 2 is 2.30 bits per heavy atom. The van der Waals surface area contributed by atoms with Crippen molar-refractivity contribution in [1.82, 2.24) is 19.7 Å². The SMILES string of the molecule is COCCN(C)c1cnn(C2CCCN(Cc3cccnc3Cl)C2)c(=O)c1. The third-order valence-electron chi connectivity index (χ3n) is 4.94. The zero-order valence-electron chi connectivity index (χ0n) is 15.8. The molecule has 0 bridgehead atoms. The van der Waals surface area contributed by atoms with Crippen LogP contribution in [0.4, 0.5) is 5.69 Å². The van der Waals surface area contributed by atoms with Gasteiger partial charge in [0.05, 0.1) is 24.5 Å². The van der Waals surface area contributed by atoms with Gasteiger partial charge in [0.1, 0.15) is 5.15 Å². The highest BCUT2D eigenvalue weighted by Crippen LogP contribution is 2.23. The second-order valence-corrected chi connectivity index (χ2v) is 7.25. The summed E-state index contributed by atoms with van der Waals surface area (Å²) in [5.41, 5.74) is 1.75. The van der Waals surface area contributed by atoms with Crippen molar-refractivity contribution in [1.29, 1.82) is 0 Å². The predicted molar refractivity (Wildman–Crippen MR) is 106 cm³/mol. The van der Waals surface area contributed by atoms with Crippen LogP contribution in [0.15, 0.2) is 35.4 Å². The number of anilines is 1. The lowest BCUT2D eigenvalue weighted by molar-refractivity contribution is 0.160. The first kappa shape index (κ1) is 19.8. The Labute approximate surface area is 164 Å². The number of likely N-dealkylation sites (N-methyl/N-ethyl adjacent to an activating group) is 1. The quantitative estimate of drug-likeness (QED) is 0.674. The monoisotopic (exact) mass is 391 g/mol. The summed E-state index contributed by atoms with van der Waals surface area (Å²) in [7, 11) is 3.59. The smallest absolute Gasteiger partial charge is 0.269 e. The van der Waals surface area contributed by atoms with E-state index in [0.29, 0.717) is 18.3 Å². The zero-order valence-corrected chi connectivity index (χ0v) is 16.6. The fraction of sp³-hybridized carbons (Fsp3) is 0.526. The van der Waals surface area contributed by atoms with Gasteiger partial charge in [-0.25, -0.2) is 9.67 Å². The van der Waals surface area contributed by atoms with Crippen molar-refractivity contribution in [2.24, 2.45) is 0 Å². The van der Waals surface area contributed by atoms with Crippen LogP contribution in [-0.2, 0) is 11.3 Å². The molecule has 1 saturated heterocycles. The molecule has 0 saturated carbocycles. The average molecular weight is 392 g/mol. The number of rotatable bonds is 7. The molecule has 1 aliphatic rings. The van der Waals surface area contributed by atoms with Gasteiger partial charge < -0.3 is 9.64 Å². The molecule has 0 aromatic carbocycles. The zero-order chi connectivity index (χ0) is 19.2. The van der Waals surface area contributed by atoms with Gasteiger partial charge in [0, 0.05) is 51.6 Å². The van der Waals surface area contributed by atoms with Crippen LogP contribution in [-0.4, -0.2) is 60.1 Å². The molecule has 0 amide bonds. The number of hydrogen-bond acceptors (Lipinski definition) is 6. The Kier molecular flexibility index (Phi) is 6.82. The summed E-state index contributed by atoms with van der Waals surface area (Å²) in [5.74, 6) is 0. The first-order valence-electron chi connectivity index (χ1n) is 9.19. The minimum Gasteiger partial charge on any atom is -0.383 e. The van der Waals surface area contributed by atoms with E-state index in [1.54, 1.807) is 30.3 Å². The molecule has 27 heavy (non-hydrogen) atoms. The van der Waals surface area contributed by atoms with E-state index in [1.807, 2.05) is 24.1 Å². The minimum atomic E-state index is -0.0666. The molecule has 1 fully saturated rings. The topological polar surface area (TPSA) is 63.5 Å². The standard InChI is InChI=1S/C19H26ClN5O2/c1-23(9-10-27-2)17-11-18(26)25(22-12-17)16-6-4-8-24(14-16)13-15-5-3-7-21-19(15)20/h3,5,7,11-12,16H,4,6,8-10,13-14H2,1-2H3. The van der Waals surface area contributed by atoms with E-state index in [9.17, 15) is 4.79 Å². The Hall–Kier alpha value is -1.96. The Bertz CT molecular complexity index is 813. The molecule has 3 rings (SSSR count). The van der Waals surface area contributed by atoms with Crippen molar-refractivity contribution in [2.45, 2.75) is 25.4 Å². The molecule has 1 aliphatic heterocycles. The van der Waals surface area contributed by atoms with Crippen LogP contribution in [0.25, 0.3) is 0 Å².